The summed E-state index contributed by atoms with van der Waals surface area (Å²) in [6.45, 7) is 9.68. The highest BCUT2D eigenvalue weighted by Gasteiger charge is 2.19. The number of hydrogen-bond acceptors (Lipinski definition) is 7. The molecule has 1 aromatic carbocycles. The van der Waals surface area contributed by atoms with Crippen LogP contribution in [-0.2, 0) is 4.79 Å². The number of rotatable bonds is 8. The quantitative estimate of drug-likeness (QED) is 0.519. The van der Waals surface area contributed by atoms with Gasteiger partial charge in [0, 0.05) is 5.75 Å². The van der Waals surface area contributed by atoms with Gasteiger partial charge in [0.25, 0.3) is 0 Å². The number of thioether (sulfide) groups is 2. The van der Waals surface area contributed by atoms with E-state index >= 15 is 0 Å². The van der Waals surface area contributed by atoms with Crippen molar-refractivity contribution in [3.63, 3.8) is 0 Å². The molecule has 0 spiro atoms. The first-order valence-corrected chi connectivity index (χ1v) is 10.3. The molecule has 0 radical (unpaired) electrons. The molecule has 8 heteroatoms. The third-order valence-electron chi connectivity index (χ3n) is 3.09. The van der Waals surface area contributed by atoms with Gasteiger partial charge in [0.05, 0.1) is 18.0 Å². The van der Waals surface area contributed by atoms with Gasteiger partial charge in [-0.05, 0) is 38.5 Å². The number of nitrogens with one attached hydrogen (secondary N) is 1. The lowest BCUT2D eigenvalue weighted by Gasteiger charge is -2.13. The predicted octanol–water partition coefficient (Wildman–Crippen LogP) is 4.64. The molecule has 25 heavy (non-hydrogen) atoms. The van der Waals surface area contributed by atoms with Crippen molar-refractivity contribution >= 4 is 46.5 Å². The molecule has 0 saturated carbocycles. The SMILES string of the molecule is C=C(C)CSc1nnc(S[C@H](C)C(=O)Nc2cc(C)ccc2OC)s1. The fraction of sp³-hybridized carbons (Fsp3) is 0.353. The van der Waals surface area contributed by atoms with Crippen LogP contribution in [0, 0.1) is 6.92 Å². The molecule has 1 amide bonds. The second kappa shape index (κ2) is 9.26. The summed E-state index contributed by atoms with van der Waals surface area (Å²) in [6, 6.07) is 5.68. The maximum absolute atomic E-state index is 12.5. The number of amides is 1. The van der Waals surface area contributed by atoms with Gasteiger partial charge in [0.15, 0.2) is 8.68 Å². The van der Waals surface area contributed by atoms with E-state index in [0.717, 1.165) is 25.6 Å². The third-order valence-corrected chi connectivity index (χ3v) is 6.56. The maximum Gasteiger partial charge on any atom is 0.237 e. The van der Waals surface area contributed by atoms with Crippen LogP contribution in [0.5, 0.6) is 5.75 Å². The zero-order chi connectivity index (χ0) is 18.4. The summed E-state index contributed by atoms with van der Waals surface area (Å²) in [7, 11) is 1.59. The number of hydrogen-bond donors (Lipinski definition) is 1. The van der Waals surface area contributed by atoms with Crippen LogP contribution in [0.25, 0.3) is 0 Å². The molecular formula is C17H21N3O2S3. The van der Waals surface area contributed by atoms with Gasteiger partial charge >= 0.3 is 0 Å². The number of carbonyl (C=O) groups excluding carboxylic acids is 1. The minimum Gasteiger partial charge on any atom is -0.495 e. The normalized spacial score (nSPS) is 11.8. The van der Waals surface area contributed by atoms with Gasteiger partial charge in [0.2, 0.25) is 5.91 Å². The number of carbonyl (C=O) groups is 1. The highest BCUT2D eigenvalue weighted by atomic mass is 32.2. The second-order valence-electron chi connectivity index (χ2n) is 5.53. The summed E-state index contributed by atoms with van der Waals surface area (Å²) in [5.41, 5.74) is 2.82. The lowest BCUT2D eigenvalue weighted by Crippen LogP contribution is -2.22. The average Bonchev–Trinajstić information content (AvgIpc) is 3.00. The molecular weight excluding hydrogens is 374 g/mol. The Kier molecular flexibility index (Phi) is 7.34. The van der Waals surface area contributed by atoms with E-state index in [4.69, 9.17) is 4.74 Å². The van der Waals surface area contributed by atoms with E-state index in [1.807, 2.05) is 39.0 Å². The van der Waals surface area contributed by atoms with Crippen molar-refractivity contribution in [2.75, 3.05) is 18.2 Å². The van der Waals surface area contributed by atoms with Crippen molar-refractivity contribution in [3.8, 4) is 5.75 Å². The summed E-state index contributed by atoms with van der Waals surface area (Å²) in [4.78, 5) is 12.5. The highest BCUT2D eigenvalue weighted by Crippen LogP contribution is 2.33. The molecule has 0 bridgehead atoms. The molecule has 1 N–H and O–H groups in total. The Balaban J connectivity index is 1.96. The molecule has 5 nitrogen and oxygen atoms in total. The Bertz CT molecular complexity index is 761. The van der Waals surface area contributed by atoms with Gasteiger partial charge in [-0.25, -0.2) is 0 Å². The van der Waals surface area contributed by atoms with Gasteiger partial charge in [0.1, 0.15) is 5.75 Å². The van der Waals surface area contributed by atoms with Crippen LogP contribution in [0.2, 0.25) is 0 Å². The number of methoxy groups -OCH3 is 1. The van der Waals surface area contributed by atoms with Crippen LogP contribution in [-0.4, -0.2) is 34.2 Å². The van der Waals surface area contributed by atoms with E-state index < -0.39 is 0 Å². The molecule has 1 heterocycles. The first kappa shape index (κ1) is 19.8. The Hall–Kier alpha value is -1.51. The molecule has 2 aromatic rings. The Labute approximate surface area is 160 Å². The first-order chi connectivity index (χ1) is 11.9. The van der Waals surface area contributed by atoms with Crippen LogP contribution in [0.1, 0.15) is 19.4 Å². The van der Waals surface area contributed by atoms with E-state index in [2.05, 4.69) is 22.1 Å². The number of aryl methyl sites for hydroxylation is 1. The van der Waals surface area contributed by atoms with Crippen LogP contribution in [0.4, 0.5) is 5.69 Å². The fourth-order valence-electron chi connectivity index (χ4n) is 1.85. The Morgan fingerprint density at radius 1 is 1.40 bits per heavy atom. The molecule has 0 aliphatic carbocycles. The minimum absolute atomic E-state index is 0.0970. The second-order valence-corrected chi connectivity index (χ2v) is 9.32. The average molecular weight is 396 g/mol. The van der Waals surface area contributed by atoms with E-state index in [1.165, 1.54) is 23.1 Å². The summed E-state index contributed by atoms with van der Waals surface area (Å²) in [6.07, 6.45) is 0. The van der Waals surface area contributed by atoms with E-state index in [0.29, 0.717) is 11.4 Å². The monoisotopic (exact) mass is 395 g/mol. The van der Waals surface area contributed by atoms with Gasteiger partial charge < -0.3 is 10.1 Å². The number of benzene rings is 1. The molecule has 0 fully saturated rings. The standard InChI is InChI=1S/C17H21N3O2S3/c1-10(2)9-23-16-19-20-17(25-16)24-12(4)15(21)18-13-8-11(3)6-7-14(13)22-5/h6-8,12H,1,9H2,2-5H3,(H,18,21)/t12-/m1/s1. The first-order valence-electron chi connectivity index (χ1n) is 7.62. The van der Waals surface area contributed by atoms with E-state index in [-0.39, 0.29) is 11.2 Å². The molecule has 1 aromatic heterocycles. The van der Waals surface area contributed by atoms with Crippen molar-refractivity contribution in [3.05, 3.63) is 35.9 Å². The van der Waals surface area contributed by atoms with Crippen LogP contribution in [0.3, 0.4) is 0 Å². The Morgan fingerprint density at radius 2 is 2.12 bits per heavy atom. The zero-order valence-electron chi connectivity index (χ0n) is 14.7. The number of aromatic nitrogens is 2. The van der Waals surface area contributed by atoms with Crippen LogP contribution >= 0.6 is 34.9 Å². The molecule has 2 rings (SSSR count). The number of ether oxygens (including phenoxy) is 1. The van der Waals surface area contributed by atoms with Crippen LogP contribution < -0.4 is 10.1 Å². The summed E-state index contributed by atoms with van der Waals surface area (Å²) >= 11 is 4.50. The number of anilines is 1. The van der Waals surface area contributed by atoms with E-state index in [1.54, 1.807) is 18.9 Å². The lowest BCUT2D eigenvalue weighted by atomic mass is 10.2. The minimum atomic E-state index is -0.294. The van der Waals surface area contributed by atoms with Crippen molar-refractivity contribution in [2.24, 2.45) is 0 Å². The molecule has 0 aliphatic heterocycles. The van der Waals surface area contributed by atoms with Crippen molar-refractivity contribution in [1.82, 2.24) is 10.2 Å². The summed E-state index contributed by atoms with van der Waals surface area (Å²) in [5.74, 6) is 1.37. The predicted molar refractivity (Wildman–Crippen MR) is 107 cm³/mol. The number of nitrogens with zero attached hydrogens (tertiary/aromatic N) is 2. The van der Waals surface area contributed by atoms with Gasteiger partial charge in [-0.2, -0.15) is 0 Å². The topological polar surface area (TPSA) is 64.1 Å². The van der Waals surface area contributed by atoms with Gasteiger partial charge in [-0.15, -0.1) is 10.2 Å². The maximum atomic E-state index is 12.5. The summed E-state index contributed by atoms with van der Waals surface area (Å²) < 4.78 is 6.97. The molecule has 0 aliphatic rings. The Morgan fingerprint density at radius 3 is 2.80 bits per heavy atom. The molecule has 0 saturated heterocycles. The van der Waals surface area contributed by atoms with Crippen LogP contribution in [0.15, 0.2) is 39.0 Å². The zero-order valence-corrected chi connectivity index (χ0v) is 17.1. The van der Waals surface area contributed by atoms with Gasteiger partial charge in [-0.3, -0.25) is 4.79 Å². The lowest BCUT2D eigenvalue weighted by molar-refractivity contribution is -0.115. The smallest absolute Gasteiger partial charge is 0.237 e. The fourth-order valence-corrected chi connectivity index (χ4v) is 4.85. The van der Waals surface area contributed by atoms with E-state index in [9.17, 15) is 4.79 Å². The summed E-state index contributed by atoms with van der Waals surface area (Å²) in [5, 5.41) is 10.9. The van der Waals surface area contributed by atoms with Crippen molar-refractivity contribution < 1.29 is 9.53 Å². The largest absolute Gasteiger partial charge is 0.495 e. The van der Waals surface area contributed by atoms with Gasteiger partial charge in [-0.1, -0.05) is 53.1 Å². The molecule has 1 atom stereocenters. The highest BCUT2D eigenvalue weighted by molar-refractivity contribution is 8.04. The molecule has 0 unspecified atom stereocenters. The van der Waals surface area contributed by atoms with Crippen molar-refractivity contribution in [1.29, 1.82) is 0 Å². The molecule has 134 valence electrons. The third kappa shape index (κ3) is 6.05. The van der Waals surface area contributed by atoms with Crippen molar-refractivity contribution in [2.45, 2.75) is 34.7 Å².